The summed E-state index contributed by atoms with van der Waals surface area (Å²) >= 11 is 0. The number of nitrogens with one attached hydrogen (secondary N) is 3. The van der Waals surface area contributed by atoms with Crippen molar-refractivity contribution in [3.63, 3.8) is 0 Å². The summed E-state index contributed by atoms with van der Waals surface area (Å²) < 4.78 is 0. The summed E-state index contributed by atoms with van der Waals surface area (Å²) in [6.45, 7) is 8.22. The first kappa shape index (κ1) is 16.0. The molecule has 0 saturated carbocycles. The zero-order chi connectivity index (χ0) is 14.3. The molecule has 19 heavy (non-hydrogen) atoms. The zero-order valence-corrected chi connectivity index (χ0v) is 12.3. The summed E-state index contributed by atoms with van der Waals surface area (Å²) in [4.78, 5) is 23.5. The van der Waals surface area contributed by atoms with Gasteiger partial charge in [0.25, 0.3) is 0 Å². The Morgan fingerprint density at radius 2 is 2.00 bits per heavy atom. The van der Waals surface area contributed by atoms with Gasteiger partial charge in [0, 0.05) is 19.5 Å². The molecule has 1 heterocycles. The number of carbonyl (C=O) groups is 2. The molecule has 110 valence electrons. The summed E-state index contributed by atoms with van der Waals surface area (Å²) in [5.74, 6) is 0.00556. The minimum atomic E-state index is -0.153. The SMILES string of the molecule is CCCNC(=O)CCNC(=O)C1NCCCC1(C)C. The highest BCUT2D eigenvalue weighted by atomic mass is 16.2. The van der Waals surface area contributed by atoms with Gasteiger partial charge in [-0.25, -0.2) is 0 Å². The van der Waals surface area contributed by atoms with E-state index in [1.165, 1.54) is 0 Å². The van der Waals surface area contributed by atoms with E-state index in [0.29, 0.717) is 19.5 Å². The van der Waals surface area contributed by atoms with Gasteiger partial charge in [-0.1, -0.05) is 20.8 Å². The van der Waals surface area contributed by atoms with E-state index in [0.717, 1.165) is 25.8 Å². The van der Waals surface area contributed by atoms with Gasteiger partial charge < -0.3 is 16.0 Å². The number of hydrogen-bond acceptors (Lipinski definition) is 3. The molecule has 1 unspecified atom stereocenters. The van der Waals surface area contributed by atoms with Crippen LogP contribution in [0.25, 0.3) is 0 Å². The Hall–Kier alpha value is -1.10. The van der Waals surface area contributed by atoms with Crippen LogP contribution in [-0.2, 0) is 9.59 Å². The number of carbonyl (C=O) groups excluding carboxylic acids is 2. The molecule has 5 heteroatoms. The molecular formula is C14H27N3O2. The zero-order valence-electron chi connectivity index (χ0n) is 12.3. The Morgan fingerprint density at radius 3 is 2.63 bits per heavy atom. The van der Waals surface area contributed by atoms with Crippen LogP contribution in [0.5, 0.6) is 0 Å². The second-order valence-corrected chi connectivity index (χ2v) is 5.87. The van der Waals surface area contributed by atoms with Gasteiger partial charge in [-0.15, -0.1) is 0 Å². The van der Waals surface area contributed by atoms with Gasteiger partial charge in [0.1, 0.15) is 0 Å². The van der Waals surface area contributed by atoms with Crippen LogP contribution in [0, 0.1) is 5.41 Å². The van der Waals surface area contributed by atoms with Crippen molar-refractivity contribution in [3.8, 4) is 0 Å². The van der Waals surface area contributed by atoms with Crippen molar-refractivity contribution in [2.45, 2.75) is 52.5 Å². The van der Waals surface area contributed by atoms with Gasteiger partial charge >= 0.3 is 0 Å². The van der Waals surface area contributed by atoms with Gasteiger partial charge in [0.15, 0.2) is 0 Å². The molecule has 1 saturated heterocycles. The molecule has 5 nitrogen and oxygen atoms in total. The van der Waals surface area contributed by atoms with E-state index in [2.05, 4.69) is 29.8 Å². The van der Waals surface area contributed by atoms with E-state index >= 15 is 0 Å². The molecule has 3 N–H and O–H groups in total. The molecule has 1 rings (SSSR count). The minimum absolute atomic E-state index is 0.00184. The highest BCUT2D eigenvalue weighted by molar-refractivity contribution is 5.83. The minimum Gasteiger partial charge on any atom is -0.356 e. The Bertz CT molecular complexity index is 316. The monoisotopic (exact) mass is 269 g/mol. The van der Waals surface area contributed by atoms with E-state index in [4.69, 9.17) is 0 Å². The largest absolute Gasteiger partial charge is 0.356 e. The number of hydrogen-bond donors (Lipinski definition) is 3. The molecule has 1 aliphatic rings. The predicted molar refractivity (Wildman–Crippen MR) is 75.7 cm³/mol. The average Bonchev–Trinajstić information content (AvgIpc) is 2.35. The molecule has 0 radical (unpaired) electrons. The van der Waals surface area contributed by atoms with Gasteiger partial charge in [-0.2, -0.15) is 0 Å². The molecule has 0 aromatic heterocycles. The third kappa shape index (κ3) is 5.19. The molecule has 1 fully saturated rings. The number of rotatable bonds is 6. The van der Waals surface area contributed by atoms with Crippen LogP contribution >= 0.6 is 0 Å². The van der Waals surface area contributed by atoms with Crippen LogP contribution in [0.4, 0.5) is 0 Å². The number of amides is 2. The van der Waals surface area contributed by atoms with Crippen LogP contribution in [0.1, 0.15) is 46.5 Å². The Labute approximate surface area is 115 Å². The molecule has 0 aliphatic carbocycles. The molecule has 0 bridgehead atoms. The van der Waals surface area contributed by atoms with Crippen molar-refractivity contribution in [1.82, 2.24) is 16.0 Å². The fourth-order valence-electron chi connectivity index (χ4n) is 2.41. The third-order valence-electron chi connectivity index (χ3n) is 3.61. The Kier molecular flexibility index (Phi) is 6.28. The maximum Gasteiger partial charge on any atom is 0.237 e. The highest BCUT2D eigenvalue weighted by Gasteiger charge is 2.36. The van der Waals surface area contributed by atoms with Crippen molar-refractivity contribution < 1.29 is 9.59 Å². The van der Waals surface area contributed by atoms with E-state index in [9.17, 15) is 9.59 Å². The van der Waals surface area contributed by atoms with Gasteiger partial charge in [-0.05, 0) is 31.2 Å². The lowest BCUT2D eigenvalue weighted by atomic mass is 9.77. The van der Waals surface area contributed by atoms with Gasteiger partial charge in [0.05, 0.1) is 6.04 Å². The third-order valence-corrected chi connectivity index (χ3v) is 3.61. The van der Waals surface area contributed by atoms with Crippen molar-refractivity contribution in [2.24, 2.45) is 5.41 Å². The van der Waals surface area contributed by atoms with Crippen molar-refractivity contribution in [1.29, 1.82) is 0 Å². The first-order valence-electron chi connectivity index (χ1n) is 7.25. The summed E-state index contributed by atoms with van der Waals surface area (Å²) in [6.07, 6.45) is 3.43. The van der Waals surface area contributed by atoms with E-state index in [1.807, 2.05) is 6.92 Å². The molecule has 0 aromatic carbocycles. The fraction of sp³-hybridized carbons (Fsp3) is 0.857. The summed E-state index contributed by atoms with van der Waals surface area (Å²) in [5.41, 5.74) is -0.0210. The molecule has 1 atom stereocenters. The lowest BCUT2D eigenvalue weighted by molar-refractivity contribution is -0.127. The normalized spacial score (nSPS) is 21.7. The molecule has 0 spiro atoms. The van der Waals surface area contributed by atoms with Gasteiger partial charge in [-0.3, -0.25) is 9.59 Å². The van der Waals surface area contributed by atoms with Crippen LogP contribution < -0.4 is 16.0 Å². The average molecular weight is 269 g/mol. The van der Waals surface area contributed by atoms with Crippen LogP contribution in [0.15, 0.2) is 0 Å². The van der Waals surface area contributed by atoms with Crippen LogP contribution in [0.2, 0.25) is 0 Å². The maximum atomic E-state index is 12.1. The topological polar surface area (TPSA) is 70.2 Å². The smallest absolute Gasteiger partial charge is 0.237 e. The standard InChI is InChI=1S/C14H27N3O2/c1-4-8-15-11(18)6-10-17-13(19)12-14(2,3)7-5-9-16-12/h12,16H,4-10H2,1-3H3,(H,15,18)(H,17,19). The summed E-state index contributed by atoms with van der Waals surface area (Å²) in [5, 5.41) is 8.92. The van der Waals surface area contributed by atoms with Crippen molar-refractivity contribution >= 4 is 11.8 Å². The molecule has 2 amide bonds. The maximum absolute atomic E-state index is 12.1. The lowest BCUT2D eigenvalue weighted by Crippen LogP contribution is -2.55. The summed E-state index contributed by atoms with van der Waals surface area (Å²) in [6, 6.07) is -0.153. The second-order valence-electron chi connectivity index (χ2n) is 5.87. The highest BCUT2D eigenvalue weighted by Crippen LogP contribution is 2.29. The van der Waals surface area contributed by atoms with Gasteiger partial charge in [0.2, 0.25) is 11.8 Å². The predicted octanol–water partition coefficient (Wildman–Crippen LogP) is 0.797. The van der Waals surface area contributed by atoms with E-state index in [-0.39, 0.29) is 23.3 Å². The molecule has 0 aromatic rings. The summed E-state index contributed by atoms with van der Waals surface area (Å²) in [7, 11) is 0. The Morgan fingerprint density at radius 1 is 1.26 bits per heavy atom. The second kappa shape index (κ2) is 7.48. The number of piperidine rings is 1. The molecular weight excluding hydrogens is 242 g/mol. The van der Waals surface area contributed by atoms with Crippen LogP contribution in [0.3, 0.4) is 0 Å². The molecule has 1 aliphatic heterocycles. The van der Waals surface area contributed by atoms with Crippen molar-refractivity contribution in [2.75, 3.05) is 19.6 Å². The van der Waals surface area contributed by atoms with E-state index in [1.54, 1.807) is 0 Å². The van der Waals surface area contributed by atoms with Crippen LogP contribution in [-0.4, -0.2) is 37.5 Å². The first-order chi connectivity index (χ1) is 8.97. The van der Waals surface area contributed by atoms with Crippen molar-refractivity contribution in [3.05, 3.63) is 0 Å². The quantitative estimate of drug-likeness (QED) is 0.668. The Balaban J connectivity index is 2.29. The van der Waals surface area contributed by atoms with E-state index < -0.39 is 0 Å². The first-order valence-corrected chi connectivity index (χ1v) is 7.25. The lowest BCUT2D eigenvalue weighted by Gasteiger charge is -2.38. The fourth-order valence-corrected chi connectivity index (χ4v) is 2.41.